The molecule has 0 spiro atoms. The number of aliphatic hydroxyl groups excluding tert-OH is 1. The second-order valence-electron chi connectivity index (χ2n) is 8.99. The van der Waals surface area contributed by atoms with Crippen LogP contribution in [0.25, 0.3) is 0 Å². The molecule has 1 saturated heterocycles. The van der Waals surface area contributed by atoms with Gasteiger partial charge in [-0.05, 0) is 44.0 Å². The molecule has 0 saturated carbocycles. The highest BCUT2D eigenvalue weighted by molar-refractivity contribution is 6.74. The third kappa shape index (κ3) is 4.91. The molecule has 136 valence electrons. The average molecular weight is 350 g/mol. The van der Waals surface area contributed by atoms with E-state index >= 15 is 0 Å². The van der Waals surface area contributed by atoms with E-state index in [9.17, 15) is 5.11 Å². The first-order valence-electron chi connectivity index (χ1n) is 9.14. The number of likely N-dealkylation sites (tertiary alicyclic amines) is 1. The third-order valence-electron chi connectivity index (χ3n) is 5.56. The highest BCUT2D eigenvalue weighted by Crippen LogP contribution is 2.38. The van der Waals surface area contributed by atoms with Gasteiger partial charge in [0.15, 0.2) is 8.32 Å². The molecule has 0 radical (unpaired) electrons. The molecule has 2 atom stereocenters. The van der Waals surface area contributed by atoms with Gasteiger partial charge in [-0.2, -0.15) is 0 Å². The summed E-state index contributed by atoms with van der Waals surface area (Å²) in [5.74, 6) is 0. The highest BCUT2D eigenvalue weighted by Gasteiger charge is 2.40. The summed E-state index contributed by atoms with van der Waals surface area (Å²) < 4.78 is 6.53. The molecule has 1 aliphatic heterocycles. The summed E-state index contributed by atoms with van der Waals surface area (Å²) in [7, 11) is -1.71. The Morgan fingerprint density at radius 2 is 1.79 bits per heavy atom. The zero-order chi connectivity index (χ0) is 18.1. The van der Waals surface area contributed by atoms with Crippen molar-refractivity contribution in [3.8, 4) is 0 Å². The molecule has 1 aromatic carbocycles. The van der Waals surface area contributed by atoms with Crippen molar-refractivity contribution in [3.05, 3.63) is 34.9 Å². The van der Waals surface area contributed by atoms with Crippen LogP contribution in [-0.4, -0.2) is 44.1 Å². The molecular weight excluding hydrogens is 314 g/mol. The Balaban J connectivity index is 1.92. The van der Waals surface area contributed by atoms with Crippen molar-refractivity contribution in [2.45, 2.75) is 71.4 Å². The van der Waals surface area contributed by atoms with Gasteiger partial charge in [0.1, 0.15) is 0 Å². The molecule has 1 aromatic rings. The Kier molecular flexibility index (Phi) is 5.96. The Labute approximate surface area is 149 Å². The minimum absolute atomic E-state index is 0.249. The first-order chi connectivity index (χ1) is 11.0. The highest BCUT2D eigenvalue weighted by atomic mass is 28.4. The molecule has 1 fully saturated rings. The number of hydrogen-bond donors (Lipinski definition) is 1. The molecule has 1 heterocycles. The van der Waals surface area contributed by atoms with E-state index in [4.69, 9.17) is 4.43 Å². The predicted molar refractivity (Wildman–Crippen MR) is 104 cm³/mol. The smallest absolute Gasteiger partial charge is 0.192 e. The van der Waals surface area contributed by atoms with Gasteiger partial charge in [0, 0.05) is 19.6 Å². The predicted octanol–water partition coefficient (Wildman–Crippen LogP) is 4.43. The minimum atomic E-state index is -1.71. The first kappa shape index (κ1) is 19.6. The fourth-order valence-electron chi connectivity index (χ4n) is 3.20. The van der Waals surface area contributed by atoms with Gasteiger partial charge in [-0.3, -0.25) is 4.90 Å². The van der Waals surface area contributed by atoms with E-state index in [-0.39, 0.29) is 5.04 Å². The molecule has 1 N–H and O–H groups in total. The van der Waals surface area contributed by atoms with Crippen LogP contribution in [0.1, 0.15) is 50.0 Å². The van der Waals surface area contributed by atoms with Crippen LogP contribution in [0.15, 0.2) is 18.2 Å². The number of benzene rings is 1. The van der Waals surface area contributed by atoms with Gasteiger partial charge in [-0.15, -0.1) is 0 Å². The zero-order valence-corrected chi connectivity index (χ0v) is 17.5. The quantitative estimate of drug-likeness (QED) is 0.798. The lowest BCUT2D eigenvalue weighted by molar-refractivity contribution is 0.115. The number of aliphatic hydroxyl groups is 1. The standard InChI is InChI=1S/C20H35NO2Si/c1-15-10-16(2)12-17(11-15)19(22)14-21-9-8-18(13-21)23-24(6,7)20(3,4)5/h10-12,18-19,22H,8-9,13-14H2,1-7H3/t18-,19+/m0/s1. The molecule has 0 bridgehead atoms. The summed E-state index contributed by atoms with van der Waals surface area (Å²) in [5, 5.41) is 10.9. The summed E-state index contributed by atoms with van der Waals surface area (Å²) in [5.41, 5.74) is 3.45. The first-order valence-corrected chi connectivity index (χ1v) is 12.1. The van der Waals surface area contributed by atoms with E-state index in [1.807, 2.05) is 0 Å². The van der Waals surface area contributed by atoms with E-state index < -0.39 is 14.4 Å². The minimum Gasteiger partial charge on any atom is -0.413 e. The van der Waals surface area contributed by atoms with Crippen molar-refractivity contribution in [2.75, 3.05) is 19.6 Å². The summed E-state index contributed by atoms with van der Waals surface area (Å²) in [6.07, 6.45) is 0.971. The van der Waals surface area contributed by atoms with Crippen LogP contribution in [0, 0.1) is 13.8 Å². The van der Waals surface area contributed by atoms with Gasteiger partial charge in [0.25, 0.3) is 0 Å². The summed E-state index contributed by atoms with van der Waals surface area (Å²) in [4.78, 5) is 2.35. The van der Waals surface area contributed by atoms with Crippen molar-refractivity contribution < 1.29 is 9.53 Å². The normalized spacial score (nSPS) is 21.2. The maximum absolute atomic E-state index is 10.6. The van der Waals surface area contributed by atoms with Crippen molar-refractivity contribution >= 4 is 8.32 Å². The van der Waals surface area contributed by atoms with Crippen molar-refractivity contribution in [3.63, 3.8) is 0 Å². The van der Waals surface area contributed by atoms with E-state index in [0.717, 1.165) is 25.1 Å². The molecule has 0 aliphatic carbocycles. The van der Waals surface area contributed by atoms with Gasteiger partial charge in [-0.25, -0.2) is 0 Å². The Morgan fingerprint density at radius 3 is 2.33 bits per heavy atom. The van der Waals surface area contributed by atoms with E-state index in [0.29, 0.717) is 12.6 Å². The van der Waals surface area contributed by atoms with Crippen LogP contribution in [-0.2, 0) is 4.43 Å². The van der Waals surface area contributed by atoms with E-state index in [1.165, 1.54) is 11.1 Å². The van der Waals surface area contributed by atoms with Crippen molar-refractivity contribution in [1.29, 1.82) is 0 Å². The summed E-state index contributed by atoms with van der Waals surface area (Å²) >= 11 is 0. The van der Waals surface area contributed by atoms with Crippen LogP contribution in [0.3, 0.4) is 0 Å². The molecule has 0 aromatic heterocycles. The van der Waals surface area contributed by atoms with Gasteiger partial charge in [0.2, 0.25) is 0 Å². The molecule has 4 heteroatoms. The van der Waals surface area contributed by atoms with E-state index in [1.54, 1.807) is 0 Å². The van der Waals surface area contributed by atoms with E-state index in [2.05, 4.69) is 70.8 Å². The van der Waals surface area contributed by atoms with Crippen LogP contribution >= 0.6 is 0 Å². The number of rotatable bonds is 5. The number of nitrogens with zero attached hydrogens (tertiary/aromatic N) is 1. The monoisotopic (exact) mass is 349 g/mol. The molecular formula is C20H35NO2Si. The van der Waals surface area contributed by atoms with Gasteiger partial charge < -0.3 is 9.53 Å². The largest absolute Gasteiger partial charge is 0.413 e. The van der Waals surface area contributed by atoms with Gasteiger partial charge in [-0.1, -0.05) is 50.1 Å². The van der Waals surface area contributed by atoms with Gasteiger partial charge in [0.05, 0.1) is 12.2 Å². The molecule has 2 rings (SSSR count). The maximum Gasteiger partial charge on any atom is 0.192 e. The van der Waals surface area contributed by atoms with Crippen LogP contribution in [0.2, 0.25) is 18.1 Å². The lowest BCUT2D eigenvalue weighted by atomic mass is 10.0. The third-order valence-corrected chi connectivity index (χ3v) is 10.1. The summed E-state index contributed by atoms with van der Waals surface area (Å²) in [6.45, 7) is 18.3. The fourth-order valence-corrected chi connectivity index (χ4v) is 4.58. The van der Waals surface area contributed by atoms with Crippen molar-refractivity contribution in [2.24, 2.45) is 0 Å². The Morgan fingerprint density at radius 1 is 1.21 bits per heavy atom. The molecule has 3 nitrogen and oxygen atoms in total. The second-order valence-corrected chi connectivity index (χ2v) is 13.7. The molecule has 0 amide bonds. The maximum atomic E-state index is 10.6. The lowest BCUT2D eigenvalue weighted by Crippen LogP contribution is -2.44. The number of β-amino-alcohol motifs (C(OH)–C–C–N with tert-alkyl or cyclic N) is 1. The van der Waals surface area contributed by atoms with Crippen LogP contribution in [0.4, 0.5) is 0 Å². The van der Waals surface area contributed by atoms with Crippen molar-refractivity contribution in [1.82, 2.24) is 4.90 Å². The topological polar surface area (TPSA) is 32.7 Å². The molecule has 24 heavy (non-hydrogen) atoms. The fraction of sp³-hybridized carbons (Fsp3) is 0.700. The number of hydrogen-bond acceptors (Lipinski definition) is 3. The molecule has 0 unspecified atom stereocenters. The average Bonchev–Trinajstić information content (AvgIpc) is 2.82. The Hall–Kier alpha value is -0.683. The SMILES string of the molecule is Cc1cc(C)cc([C@H](O)CN2CC[C@H](O[Si](C)(C)C(C)(C)C)C2)c1. The Bertz CT molecular complexity index is 545. The number of aryl methyl sites for hydroxylation is 2. The lowest BCUT2D eigenvalue weighted by Gasteiger charge is -2.38. The van der Waals surface area contributed by atoms with Crippen LogP contribution < -0.4 is 0 Å². The van der Waals surface area contributed by atoms with Gasteiger partial charge >= 0.3 is 0 Å². The zero-order valence-electron chi connectivity index (χ0n) is 16.5. The second kappa shape index (κ2) is 7.28. The summed E-state index contributed by atoms with van der Waals surface area (Å²) in [6, 6.07) is 6.34. The van der Waals surface area contributed by atoms with Crippen LogP contribution in [0.5, 0.6) is 0 Å². The molecule has 1 aliphatic rings.